The topological polar surface area (TPSA) is 69.1 Å². The second kappa shape index (κ2) is 15.2. The van der Waals surface area contributed by atoms with Crippen LogP contribution in [0.5, 0.6) is 0 Å². The van der Waals surface area contributed by atoms with E-state index in [2.05, 4.69) is 49.5 Å². The van der Waals surface area contributed by atoms with E-state index in [1.807, 2.05) is 12.2 Å². The van der Waals surface area contributed by atoms with E-state index in [9.17, 15) is 5.11 Å². The average Bonchev–Trinajstić information content (AvgIpc) is 3.09. The summed E-state index contributed by atoms with van der Waals surface area (Å²) in [6.07, 6.45) is 5.57. The van der Waals surface area contributed by atoms with Crippen LogP contribution in [-0.2, 0) is 4.74 Å². The van der Waals surface area contributed by atoms with E-state index in [0.717, 1.165) is 51.6 Å². The zero-order chi connectivity index (χ0) is 20.1. The molecule has 0 aromatic carbocycles. The van der Waals surface area contributed by atoms with Crippen LogP contribution in [0.2, 0.25) is 0 Å². The minimum atomic E-state index is -0.0355. The Bertz CT molecular complexity index is 455. The van der Waals surface area contributed by atoms with Crippen LogP contribution in [-0.4, -0.2) is 74.6 Å². The van der Waals surface area contributed by atoms with Crippen molar-refractivity contribution in [3.63, 3.8) is 0 Å². The number of rotatable bonds is 13. The van der Waals surface area contributed by atoms with E-state index in [4.69, 9.17) is 9.73 Å². The van der Waals surface area contributed by atoms with Crippen molar-refractivity contribution in [3.05, 3.63) is 25.3 Å². The molecule has 1 rings (SSSR count). The van der Waals surface area contributed by atoms with Gasteiger partial charge in [-0.15, -0.1) is 37.1 Å². The summed E-state index contributed by atoms with van der Waals surface area (Å²) in [7, 11) is 0. The second-order valence-corrected chi connectivity index (χ2v) is 7.69. The number of aliphatic hydroxyl groups excluding tert-OH is 1. The molecule has 0 saturated carbocycles. The molecule has 3 N–H and O–H groups in total. The highest BCUT2D eigenvalue weighted by atomic mass is 127. The van der Waals surface area contributed by atoms with Gasteiger partial charge in [0.2, 0.25) is 0 Å². The average molecular weight is 508 g/mol. The van der Waals surface area contributed by atoms with Gasteiger partial charge in [-0.3, -0.25) is 9.89 Å². The third-order valence-electron chi connectivity index (χ3n) is 5.19. The smallest absolute Gasteiger partial charge is 0.191 e. The van der Waals surface area contributed by atoms with Crippen LogP contribution in [0.25, 0.3) is 0 Å². The molecule has 6 nitrogen and oxygen atoms in total. The number of aliphatic imine (C=N–C) groups is 1. The summed E-state index contributed by atoms with van der Waals surface area (Å²) in [6.45, 7) is 19.9. The summed E-state index contributed by atoms with van der Waals surface area (Å²) >= 11 is 0. The first-order chi connectivity index (χ1) is 13.0. The molecule has 0 bridgehead atoms. The number of hydrogen-bond acceptors (Lipinski definition) is 4. The van der Waals surface area contributed by atoms with E-state index >= 15 is 0 Å². The van der Waals surface area contributed by atoms with Crippen LogP contribution in [0.3, 0.4) is 0 Å². The lowest BCUT2D eigenvalue weighted by Crippen LogP contribution is -2.49. The first-order valence-electron chi connectivity index (χ1n) is 10.2. The lowest BCUT2D eigenvalue weighted by atomic mass is 9.84. The molecule has 1 heterocycles. The quantitative estimate of drug-likeness (QED) is 0.155. The number of hydrogen-bond donors (Lipinski definition) is 3. The van der Waals surface area contributed by atoms with Gasteiger partial charge in [-0.25, -0.2) is 0 Å². The summed E-state index contributed by atoms with van der Waals surface area (Å²) in [5.74, 6) is 1.31. The van der Waals surface area contributed by atoms with Crippen molar-refractivity contribution < 1.29 is 9.84 Å². The van der Waals surface area contributed by atoms with Crippen molar-refractivity contribution in [2.45, 2.75) is 39.7 Å². The van der Waals surface area contributed by atoms with Gasteiger partial charge in [-0.1, -0.05) is 26.0 Å². The van der Waals surface area contributed by atoms with Crippen molar-refractivity contribution in [1.82, 2.24) is 15.5 Å². The van der Waals surface area contributed by atoms with Gasteiger partial charge >= 0.3 is 0 Å². The molecular weight excluding hydrogens is 467 g/mol. The molecule has 2 unspecified atom stereocenters. The van der Waals surface area contributed by atoms with Crippen LogP contribution in [0.4, 0.5) is 0 Å². The molecule has 2 atom stereocenters. The lowest BCUT2D eigenvalue weighted by Gasteiger charge is -2.33. The predicted molar refractivity (Wildman–Crippen MR) is 130 cm³/mol. The van der Waals surface area contributed by atoms with Crippen molar-refractivity contribution in [2.24, 2.45) is 16.3 Å². The molecule has 0 radical (unpaired) electrons. The first-order valence-corrected chi connectivity index (χ1v) is 10.2. The molecule has 0 amide bonds. The number of halogens is 1. The number of nitrogens with one attached hydrogen (secondary N) is 2. The zero-order valence-electron chi connectivity index (χ0n) is 18.0. The maximum absolute atomic E-state index is 9.40. The monoisotopic (exact) mass is 508 g/mol. The molecule has 1 aliphatic rings. The fraction of sp³-hybridized carbons (Fsp3) is 0.762. The molecule has 7 heteroatoms. The van der Waals surface area contributed by atoms with E-state index < -0.39 is 0 Å². The Labute approximate surface area is 188 Å². The van der Waals surface area contributed by atoms with E-state index in [1.165, 1.54) is 0 Å². The fourth-order valence-corrected chi connectivity index (χ4v) is 3.54. The van der Waals surface area contributed by atoms with Crippen molar-refractivity contribution in [2.75, 3.05) is 52.5 Å². The van der Waals surface area contributed by atoms with Gasteiger partial charge in [0.15, 0.2) is 5.96 Å². The third-order valence-corrected chi connectivity index (χ3v) is 5.19. The van der Waals surface area contributed by atoms with Crippen molar-refractivity contribution in [1.29, 1.82) is 0 Å². The molecule has 1 fully saturated rings. The highest BCUT2D eigenvalue weighted by Crippen LogP contribution is 2.32. The summed E-state index contributed by atoms with van der Waals surface area (Å²) in [6, 6.07) is 0.353. The Kier molecular flexibility index (Phi) is 14.9. The number of aliphatic hydroxyl groups is 1. The summed E-state index contributed by atoms with van der Waals surface area (Å²) in [4.78, 5) is 7.19. The third kappa shape index (κ3) is 9.24. The Hall–Kier alpha value is -0.640. The highest BCUT2D eigenvalue weighted by Gasteiger charge is 2.34. The van der Waals surface area contributed by atoms with Gasteiger partial charge in [0.25, 0.3) is 0 Å². The molecule has 28 heavy (non-hydrogen) atoms. The van der Waals surface area contributed by atoms with Crippen LogP contribution in [0.1, 0.15) is 33.6 Å². The second-order valence-electron chi connectivity index (χ2n) is 7.69. The molecule has 1 saturated heterocycles. The maximum atomic E-state index is 9.40. The Morgan fingerprint density at radius 3 is 2.43 bits per heavy atom. The Morgan fingerprint density at radius 2 is 1.96 bits per heavy atom. The van der Waals surface area contributed by atoms with Crippen LogP contribution >= 0.6 is 24.0 Å². The van der Waals surface area contributed by atoms with Gasteiger partial charge in [0.05, 0.1) is 13.2 Å². The molecule has 164 valence electrons. The van der Waals surface area contributed by atoms with E-state index in [1.54, 1.807) is 0 Å². The summed E-state index contributed by atoms with van der Waals surface area (Å²) < 4.78 is 5.57. The first kappa shape index (κ1) is 27.4. The maximum Gasteiger partial charge on any atom is 0.191 e. The van der Waals surface area contributed by atoms with Crippen LogP contribution in [0.15, 0.2) is 30.3 Å². The number of nitrogens with zero attached hydrogens (tertiary/aromatic N) is 2. The molecule has 0 spiro atoms. The largest absolute Gasteiger partial charge is 0.396 e. The molecule has 0 aromatic heterocycles. The van der Waals surface area contributed by atoms with Gasteiger partial charge in [-0.2, -0.15) is 0 Å². The van der Waals surface area contributed by atoms with Gasteiger partial charge in [0, 0.05) is 50.8 Å². The van der Waals surface area contributed by atoms with Crippen LogP contribution < -0.4 is 10.6 Å². The van der Waals surface area contributed by atoms with Gasteiger partial charge in [0.1, 0.15) is 0 Å². The van der Waals surface area contributed by atoms with Gasteiger partial charge < -0.3 is 20.5 Å². The summed E-state index contributed by atoms with van der Waals surface area (Å²) in [5, 5.41) is 16.3. The van der Waals surface area contributed by atoms with E-state index in [-0.39, 0.29) is 36.0 Å². The standard InChI is InChI=1S/C21H40N4O2.HI/c1-6-11-25(12-7-2)19(18(4)5)15-23-20(22-8-3)24-16-21(9-13-26)10-14-27-17-21;/h6-7,18-19,26H,1-2,8-17H2,3-5H3,(H2,22,23,24);1H. The Morgan fingerprint density at radius 1 is 1.29 bits per heavy atom. The number of guanidine groups is 1. The van der Waals surface area contributed by atoms with E-state index in [0.29, 0.717) is 25.1 Å². The molecule has 1 aliphatic heterocycles. The molecular formula is C21H41IN4O2. The van der Waals surface area contributed by atoms with Crippen molar-refractivity contribution >= 4 is 29.9 Å². The zero-order valence-corrected chi connectivity index (χ0v) is 20.3. The van der Waals surface area contributed by atoms with Gasteiger partial charge in [-0.05, 0) is 25.7 Å². The minimum Gasteiger partial charge on any atom is -0.396 e. The van der Waals surface area contributed by atoms with Crippen molar-refractivity contribution in [3.8, 4) is 0 Å². The fourth-order valence-electron chi connectivity index (χ4n) is 3.54. The number of ether oxygens (including phenoxy) is 1. The SMILES string of the molecule is C=CCN(CC=C)C(CNC(=NCC1(CCO)CCOC1)NCC)C(C)C.I. The molecule has 0 aromatic rings. The highest BCUT2D eigenvalue weighted by molar-refractivity contribution is 14.0. The lowest BCUT2D eigenvalue weighted by molar-refractivity contribution is 0.131. The summed E-state index contributed by atoms with van der Waals surface area (Å²) in [5.41, 5.74) is -0.0355. The minimum absolute atomic E-state index is 0. The predicted octanol–water partition coefficient (Wildman–Crippen LogP) is 2.65. The molecule has 0 aliphatic carbocycles. The normalized spacial score (nSPS) is 20.7. The Balaban J connectivity index is 0.00000729. The van der Waals surface area contributed by atoms with Crippen LogP contribution in [0, 0.1) is 11.3 Å².